The fourth-order valence-corrected chi connectivity index (χ4v) is 7.69. The average molecular weight is 654 g/mol. The molecule has 2 aliphatic heterocycles. The van der Waals surface area contributed by atoms with Crippen LogP contribution >= 0.6 is 0 Å². The number of nitrogens with one attached hydrogen (secondary N) is 2. The maximum Gasteiger partial charge on any atom is 0.407 e. The minimum absolute atomic E-state index is 0.0376. The minimum Gasteiger partial charge on any atom is -0.493 e. The molecule has 2 atom stereocenters. The van der Waals surface area contributed by atoms with E-state index < -0.39 is 33.5 Å². The normalized spacial score (nSPS) is 18.5. The molecule has 12 nitrogen and oxygen atoms in total. The van der Waals surface area contributed by atoms with E-state index >= 15 is 0 Å². The molecule has 0 saturated carbocycles. The van der Waals surface area contributed by atoms with Crippen molar-refractivity contribution in [2.24, 2.45) is 5.92 Å². The van der Waals surface area contributed by atoms with Gasteiger partial charge in [-0.3, -0.25) is 4.79 Å². The van der Waals surface area contributed by atoms with Gasteiger partial charge in [0.1, 0.15) is 11.5 Å². The first kappa shape index (κ1) is 33.0. The summed E-state index contributed by atoms with van der Waals surface area (Å²) >= 11 is 0. The van der Waals surface area contributed by atoms with Gasteiger partial charge in [0.2, 0.25) is 15.9 Å². The van der Waals surface area contributed by atoms with Crippen molar-refractivity contribution in [3.8, 4) is 23.0 Å². The maximum absolute atomic E-state index is 13.8. The molecule has 2 amide bonds. The molecule has 246 valence electrons. The third kappa shape index (κ3) is 6.76. The third-order valence-electron chi connectivity index (χ3n) is 8.68. The van der Waals surface area contributed by atoms with Gasteiger partial charge in [-0.05, 0) is 49.9 Å². The first-order chi connectivity index (χ1) is 22.1. The number of aliphatic hydroxyl groups is 1. The fraction of sp³-hybridized carbons (Fsp3) is 0.394. The van der Waals surface area contributed by atoms with Gasteiger partial charge in [-0.2, -0.15) is 0 Å². The number of ether oxygens (including phenoxy) is 3. The summed E-state index contributed by atoms with van der Waals surface area (Å²) in [5, 5.41) is 22.5. The second-order valence-electron chi connectivity index (χ2n) is 11.5. The average Bonchev–Trinajstić information content (AvgIpc) is 3.06. The van der Waals surface area contributed by atoms with Crippen molar-refractivity contribution < 1.29 is 42.4 Å². The van der Waals surface area contributed by atoms with Crippen molar-refractivity contribution in [1.82, 2.24) is 14.9 Å². The zero-order chi connectivity index (χ0) is 32.9. The Morgan fingerprint density at radius 1 is 0.957 bits per heavy atom. The number of carbonyl (C=O) groups excluding carboxylic acids is 1. The lowest BCUT2D eigenvalue weighted by Crippen LogP contribution is -2.56. The number of methoxy groups -OCH3 is 2. The largest absolute Gasteiger partial charge is 0.493 e. The molecule has 46 heavy (non-hydrogen) atoms. The molecule has 0 radical (unpaired) electrons. The molecule has 1 saturated heterocycles. The van der Waals surface area contributed by atoms with Crippen LogP contribution in [-0.2, 0) is 20.2 Å². The van der Waals surface area contributed by atoms with E-state index in [-0.39, 0.29) is 49.2 Å². The number of fused-ring (bicyclic) bond motifs is 2. The smallest absolute Gasteiger partial charge is 0.407 e. The van der Waals surface area contributed by atoms with Gasteiger partial charge in [-0.1, -0.05) is 36.4 Å². The maximum atomic E-state index is 13.8. The summed E-state index contributed by atoms with van der Waals surface area (Å²) < 4.78 is 46.0. The minimum atomic E-state index is -4.11. The van der Waals surface area contributed by atoms with Gasteiger partial charge in [-0.15, -0.1) is 0 Å². The number of benzene rings is 3. The summed E-state index contributed by atoms with van der Waals surface area (Å²) in [5.74, 6) is 0.740. The van der Waals surface area contributed by atoms with Crippen molar-refractivity contribution >= 4 is 22.0 Å². The number of unbranched alkanes of at least 4 members (excludes halogenated alkanes) is 1. The second kappa shape index (κ2) is 14.0. The molecule has 4 N–H and O–H groups in total. The van der Waals surface area contributed by atoms with Crippen LogP contribution in [0.4, 0.5) is 4.79 Å². The molecule has 3 aromatic carbocycles. The van der Waals surface area contributed by atoms with Crippen LogP contribution < -0.4 is 24.2 Å². The quantitative estimate of drug-likeness (QED) is 0.213. The van der Waals surface area contributed by atoms with E-state index in [1.54, 1.807) is 0 Å². The Morgan fingerprint density at radius 3 is 2.22 bits per heavy atom. The monoisotopic (exact) mass is 653 g/mol. The third-order valence-corrected chi connectivity index (χ3v) is 10.2. The van der Waals surface area contributed by atoms with Gasteiger partial charge in [0, 0.05) is 54.9 Å². The van der Waals surface area contributed by atoms with E-state index in [1.165, 1.54) is 32.4 Å². The van der Waals surface area contributed by atoms with Gasteiger partial charge in [0.05, 0.1) is 25.0 Å². The SMILES string of the molecule is COc1ccc(S(=O)(=O)N[C@@H]2C[C@H](C(=O)NCC3(CCCCO)c4ccccc4Oc4ccccc43)CN(C(=O)O)C2)cc1OC. The van der Waals surface area contributed by atoms with Crippen LogP contribution in [0, 0.1) is 5.92 Å². The Bertz CT molecular complexity index is 1630. The molecule has 2 aliphatic rings. The molecule has 3 aromatic rings. The van der Waals surface area contributed by atoms with E-state index in [1.807, 2.05) is 48.5 Å². The van der Waals surface area contributed by atoms with Gasteiger partial charge in [-0.25, -0.2) is 17.9 Å². The molecule has 0 aromatic heterocycles. The number of likely N-dealkylation sites (tertiary alicyclic amines) is 1. The predicted molar refractivity (Wildman–Crippen MR) is 169 cm³/mol. The van der Waals surface area contributed by atoms with E-state index in [9.17, 15) is 28.2 Å². The molecule has 5 rings (SSSR count). The number of sulfonamides is 1. The molecular weight excluding hydrogens is 614 g/mol. The number of carboxylic acid groups (broad SMARTS) is 1. The number of hydrogen-bond donors (Lipinski definition) is 4. The molecule has 1 fully saturated rings. The van der Waals surface area contributed by atoms with Gasteiger partial charge in [0.25, 0.3) is 0 Å². The van der Waals surface area contributed by atoms with Crippen molar-refractivity contribution in [1.29, 1.82) is 0 Å². The van der Waals surface area contributed by atoms with Gasteiger partial charge >= 0.3 is 6.09 Å². The van der Waals surface area contributed by atoms with E-state index in [4.69, 9.17) is 14.2 Å². The number of amides is 2. The number of para-hydroxylation sites is 2. The number of aliphatic hydroxyl groups excluding tert-OH is 1. The summed E-state index contributed by atoms with van der Waals surface area (Å²) in [6, 6.07) is 18.6. The van der Waals surface area contributed by atoms with Crippen LogP contribution in [-0.4, -0.2) is 82.0 Å². The molecule has 0 bridgehead atoms. The van der Waals surface area contributed by atoms with Crippen molar-refractivity contribution in [2.45, 2.75) is 42.0 Å². The molecule has 2 heterocycles. The zero-order valence-electron chi connectivity index (χ0n) is 25.8. The number of rotatable bonds is 12. The first-order valence-corrected chi connectivity index (χ1v) is 16.6. The number of piperidine rings is 1. The lowest BCUT2D eigenvalue weighted by Gasteiger charge is -2.41. The second-order valence-corrected chi connectivity index (χ2v) is 13.2. The zero-order valence-corrected chi connectivity index (χ0v) is 26.6. The fourth-order valence-electron chi connectivity index (χ4n) is 6.44. The molecular formula is C33H39N3O9S. The highest BCUT2D eigenvalue weighted by atomic mass is 32.2. The number of hydrogen-bond acceptors (Lipinski definition) is 8. The Morgan fingerprint density at radius 2 is 1.61 bits per heavy atom. The lowest BCUT2D eigenvalue weighted by atomic mass is 9.69. The van der Waals surface area contributed by atoms with Crippen LogP contribution in [0.2, 0.25) is 0 Å². The van der Waals surface area contributed by atoms with Gasteiger partial charge < -0.3 is 34.6 Å². The van der Waals surface area contributed by atoms with Crippen LogP contribution in [0.5, 0.6) is 23.0 Å². The summed E-state index contributed by atoms with van der Waals surface area (Å²) in [5.41, 5.74) is 1.14. The van der Waals surface area contributed by atoms with Crippen molar-refractivity contribution in [2.75, 3.05) is 40.5 Å². The van der Waals surface area contributed by atoms with Crippen LogP contribution in [0.15, 0.2) is 71.6 Å². The summed E-state index contributed by atoms with van der Waals surface area (Å²) in [6.07, 6.45) is 0.728. The van der Waals surface area contributed by atoms with Crippen molar-refractivity contribution in [3.63, 3.8) is 0 Å². The van der Waals surface area contributed by atoms with Crippen LogP contribution in [0.25, 0.3) is 0 Å². The highest BCUT2D eigenvalue weighted by Crippen LogP contribution is 2.50. The standard InChI is InChI=1S/C33H39N3O9S/c1-43-29-14-13-24(18-30(29)44-2)46(41,42)35-23-17-22(19-36(20-23)32(39)40)31(38)34-21-33(15-7-8-16-37)25-9-3-5-11-27(25)45-28-12-6-4-10-26(28)33/h3-6,9-14,18,22-23,35,37H,7-8,15-17,19-21H2,1-2H3,(H,34,38)(H,39,40)/t22-,23+/m0/s1. The molecule has 0 spiro atoms. The van der Waals surface area contributed by atoms with Crippen LogP contribution in [0.3, 0.4) is 0 Å². The van der Waals surface area contributed by atoms with E-state index in [2.05, 4.69) is 10.0 Å². The highest BCUT2D eigenvalue weighted by molar-refractivity contribution is 7.89. The Kier molecular flexibility index (Phi) is 10.0. The van der Waals surface area contributed by atoms with E-state index in [0.717, 1.165) is 16.0 Å². The molecule has 0 unspecified atom stereocenters. The lowest BCUT2D eigenvalue weighted by molar-refractivity contribution is -0.126. The summed E-state index contributed by atoms with van der Waals surface area (Å²) in [6.45, 7) is 0.0363. The summed E-state index contributed by atoms with van der Waals surface area (Å²) in [7, 11) is -1.27. The predicted octanol–water partition coefficient (Wildman–Crippen LogP) is 3.72. The Labute approximate surface area is 268 Å². The van der Waals surface area contributed by atoms with E-state index in [0.29, 0.717) is 36.5 Å². The topological polar surface area (TPSA) is 164 Å². The van der Waals surface area contributed by atoms with Crippen LogP contribution in [0.1, 0.15) is 36.8 Å². The Hall–Kier alpha value is -4.33. The summed E-state index contributed by atoms with van der Waals surface area (Å²) in [4.78, 5) is 26.9. The molecule has 0 aliphatic carbocycles. The first-order valence-electron chi connectivity index (χ1n) is 15.1. The Balaban J connectivity index is 1.39. The van der Waals surface area contributed by atoms with Crippen molar-refractivity contribution in [3.05, 3.63) is 77.9 Å². The van der Waals surface area contributed by atoms with Gasteiger partial charge in [0.15, 0.2) is 11.5 Å². The number of carbonyl (C=O) groups is 2. The number of nitrogens with zero attached hydrogens (tertiary/aromatic N) is 1. The molecule has 13 heteroatoms. The highest BCUT2D eigenvalue weighted by Gasteiger charge is 2.43.